The molecule has 0 aliphatic carbocycles. The zero-order valence-electron chi connectivity index (χ0n) is 18.7. The molecule has 2 aromatic heterocycles. The Bertz CT molecular complexity index is 1160. The van der Waals surface area contributed by atoms with E-state index >= 15 is 0 Å². The number of ether oxygens (including phenoxy) is 2. The molecule has 33 heavy (non-hydrogen) atoms. The Morgan fingerprint density at radius 1 is 1.15 bits per heavy atom. The minimum Gasteiger partial charge on any atom is -0.496 e. The van der Waals surface area contributed by atoms with Crippen molar-refractivity contribution < 1.29 is 27.0 Å². The number of aryl methyl sites for hydroxylation is 2. The molecule has 0 spiro atoms. The topological polar surface area (TPSA) is 49.2 Å². The highest BCUT2D eigenvalue weighted by Gasteiger charge is 2.35. The standard InChI is InChI=1S/C24H25F4N3O2/c1-4-17-10-16(9-14(2)29-17)22-20-7-8-33-18(12-25)13-31(20)23(30-22)15-5-6-19(24(26,27)28)21(11-15)32-3/h5-6,9-11,18H,4,7-8,12-13H2,1-3H3/t18-/m1/s1. The number of methoxy groups -OCH3 is 1. The Kier molecular flexibility index (Phi) is 6.43. The largest absolute Gasteiger partial charge is 0.496 e. The molecule has 0 amide bonds. The summed E-state index contributed by atoms with van der Waals surface area (Å²) in [4.78, 5) is 9.37. The molecule has 0 bridgehead atoms. The molecule has 0 radical (unpaired) electrons. The van der Waals surface area contributed by atoms with E-state index in [9.17, 15) is 17.6 Å². The molecule has 1 aromatic carbocycles. The first-order valence-electron chi connectivity index (χ1n) is 10.8. The van der Waals surface area contributed by atoms with Gasteiger partial charge >= 0.3 is 6.18 Å². The fourth-order valence-corrected chi connectivity index (χ4v) is 4.18. The molecule has 0 saturated heterocycles. The first-order chi connectivity index (χ1) is 15.7. The van der Waals surface area contributed by atoms with Crippen molar-refractivity contribution in [3.63, 3.8) is 0 Å². The molecule has 1 atom stereocenters. The van der Waals surface area contributed by atoms with Crippen LogP contribution in [0.2, 0.25) is 0 Å². The van der Waals surface area contributed by atoms with E-state index in [4.69, 9.17) is 14.5 Å². The minimum absolute atomic E-state index is 0.211. The highest BCUT2D eigenvalue weighted by molar-refractivity contribution is 5.70. The highest BCUT2D eigenvalue weighted by atomic mass is 19.4. The van der Waals surface area contributed by atoms with Crippen molar-refractivity contribution in [2.75, 3.05) is 20.4 Å². The number of halogens is 4. The van der Waals surface area contributed by atoms with Crippen LogP contribution in [0.3, 0.4) is 0 Å². The van der Waals surface area contributed by atoms with E-state index < -0.39 is 24.5 Å². The summed E-state index contributed by atoms with van der Waals surface area (Å²) in [6.07, 6.45) is -3.95. The molecular formula is C24H25F4N3O2. The molecule has 0 saturated carbocycles. The molecule has 9 heteroatoms. The van der Waals surface area contributed by atoms with Crippen LogP contribution in [0.15, 0.2) is 30.3 Å². The normalized spacial score (nSPS) is 16.4. The number of aromatic nitrogens is 3. The summed E-state index contributed by atoms with van der Waals surface area (Å²) >= 11 is 0. The Morgan fingerprint density at radius 2 is 1.94 bits per heavy atom. The minimum atomic E-state index is -4.54. The lowest BCUT2D eigenvalue weighted by Crippen LogP contribution is -2.21. The predicted molar refractivity (Wildman–Crippen MR) is 116 cm³/mol. The first-order valence-corrected chi connectivity index (χ1v) is 10.8. The maximum Gasteiger partial charge on any atom is 0.419 e. The third kappa shape index (κ3) is 4.59. The molecular weight excluding hydrogens is 438 g/mol. The number of imidazole rings is 1. The van der Waals surface area contributed by atoms with Crippen molar-refractivity contribution in [2.24, 2.45) is 0 Å². The summed E-state index contributed by atoms with van der Waals surface area (Å²) < 4.78 is 66.2. The van der Waals surface area contributed by atoms with Gasteiger partial charge in [-0.1, -0.05) is 13.0 Å². The summed E-state index contributed by atoms with van der Waals surface area (Å²) in [6, 6.07) is 7.58. The summed E-state index contributed by atoms with van der Waals surface area (Å²) in [5.41, 5.74) is 3.77. The third-order valence-electron chi connectivity index (χ3n) is 5.73. The lowest BCUT2D eigenvalue weighted by molar-refractivity contribution is -0.138. The fourth-order valence-electron chi connectivity index (χ4n) is 4.18. The monoisotopic (exact) mass is 463 g/mol. The van der Waals surface area contributed by atoms with Crippen LogP contribution in [0.4, 0.5) is 17.6 Å². The quantitative estimate of drug-likeness (QED) is 0.474. The van der Waals surface area contributed by atoms with Gasteiger partial charge in [-0.05, 0) is 37.6 Å². The summed E-state index contributed by atoms with van der Waals surface area (Å²) in [7, 11) is 1.20. The number of benzene rings is 1. The zero-order chi connectivity index (χ0) is 23.8. The van der Waals surface area contributed by atoms with Crippen LogP contribution in [-0.2, 0) is 30.3 Å². The van der Waals surface area contributed by atoms with Gasteiger partial charge in [-0.15, -0.1) is 0 Å². The van der Waals surface area contributed by atoms with Crippen LogP contribution in [-0.4, -0.2) is 41.0 Å². The SMILES string of the molecule is CCc1cc(-c2nc(-c3ccc(C(F)(F)F)c(OC)c3)n3c2CCO[C@H](CF)C3)cc(C)n1. The van der Waals surface area contributed by atoms with Crippen LogP contribution in [0.25, 0.3) is 22.6 Å². The second-order valence-electron chi connectivity index (χ2n) is 7.99. The van der Waals surface area contributed by atoms with Crippen molar-refractivity contribution in [3.05, 3.63) is 53.0 Å². The van der Waals surface area contributed by atoms with E-state index in [2.05, 4.69) is 4.98 Å². The molecule has 3 aromatic rings. The van der Waals surface area contributed by atoms with E-state index in [0.29, 0.717) is 30.1 Å². The number of rotatable bonds is 5. The molecule has 5 nitrogen and oxygen atoms in total. The van der Waals surface area contributed by atoms with E-state index in [-0.39, 0.29) is 12.3 Å². The van der Waals surface area contributed by atoms with E-state index in [1.165, 1.54) is 19.2 Å². The summed E-state index contributed by atoms with van der Waals surface area (Å²) in [5, 5.41) is 0. The number of alkyl halides is 4. The van der Waals surface area contributed by atoms with E-state index in [1.807, 2.05) is 30.5 Å². The molecule has 4 rings (SSSR count). The number of fused-ring (bicyclic) bond motifs is 1. The van der Waals surface area contributed by atoms with Gasteiger partial charge in [-0.3, -0.25) is 4.98 Å². The van der Waals surface area contributed by atoms with Gasteiger partial charge in [0.15, 0.2) is 0 Å². The Labute approximate surface area is 189 Å². The predicted octanol–water partition coefficient (Wildman–Crippen LogP) is 5.42. The second kappa shape index (κ2) is 9.13. The van der Waals surface area contributed by atoms with Gasteiger partial charge in [0.1, 0.15) is 24.4 Å². The number of hydrogen-bond donors (Lipinski definition) is 0. The van der Waals surface area contributed by atoms with Crippen molar-refractivity contribution in [1.29, 1.82) is 0 Å². The van der Waals surface area contributed by atoms with Crippen LogP contribution in [0.5, 0.6) is 5.75 Å². The van der Waals surface area contributed by atoms with Gasteiger partial charge < -0.3 is 14.0 Å². The maximum atomic E-state index is 13.6. The van der Waals surface area contributed by atoms with Crippen molar-refractivity contribution >= 4 is 0 Å². The third-order valence-corrected chi connectivity index (χ3v) is 5.73. The van der Waals surface area contributed by atoms with Gasteiger partial charge in [0.05, 0.1) is 31.5 Å². The molecule has 1 aliphatic rings. The lowest BCUT2D eigenvalue weighted by Gasteiger charge is -2.16. The van der Waals surface area contributed by atoms with Gasteiger partial charge in [-0.2, -0.15) is 13.2 Å². The molecule has 0 fully saturated rings. The van der Waals surface area contributed by atoms with Gasteiger partial charge in [0.25, 0.3) is 0 Å². The van der Waals surface area contributed by atoms with Crippen molar-refractivity contribution in [3.8, 4) is 28.4 Å². The van der Waals surface area contributed by atoms with Crippen LogP contribution in [0, 0.1) is 6.92 Å². The van der Waals surface area contributed by atoms with Crippen LogP contribution < -0.4 is 4.74 Å². The zero-order valence-corrected chi connectivity index (χ0v) is 18.7. The average Bonchev–Trinajstić information content (AvgIpc) is 3.00. The molecule has 0 unspecified atom stereocenters. The summed E-state index contributed by atoms with van der Waals surface area (Å²) in [5.74, 6) is 0.155. The lowest BCUT2D eigenvalue weighted by atomic mass is 10.1. The fraction of sp³-hybridized carbons (Fsp3) is 0.417. The van der Waals surface area contributed by atoms with Gasteiger partial charge in [0.2, 0.25) is 0 Å². The Hall–Kier alpha value is -2.94. The van der Waals surface area contributed by atoms with Crippen molar-refractivity contribution in [1.82, 2.24) is 14.5 Å². The molecule has 3 heterocycles. The van der Waals surface area contributed by atoms with Gasteiger partial charge in [-0.25, -0.2) is 9.37 Å². The van der Waals surface area contributed by atoms with E-state index in [1.54, 1.807) is 0 Å². The molecule has 1 aliphatic heterocycles. The summed E-state index contributed by atoms with van der Waals surface area (Å²) in [6.45, 7) is 3.78. The van der Waals surface area contributed by atoms with Crippen molar-refractivity contribution in [2.45, 2.75) is 45.5 Å². The maximum absolute atomic E-state index is 13.6. The second-order valence-corrected chi connectivity index (χ2v) is 7.99. The van der Waals surface area contributed by atoms with Gasteiger partial charge in [0, 0.05) is 34.6 Å². The van der Waals surface area contributed by atoms with Crippen LogP contribution in [0.1, 0.15) is 29.6 Å². The number of nitrogens with zero attached hydrogens (tertiary/aromatic N) is 3. The first kappa shape index (κ1) is 23.2. The Balaban J connectivity index is 1.92. The smallest absolute Gasteiger partial charge is 0.419 e. The number of pyridine rings is 1. The Morgan fingerprint density at radius 3 is 2.61 bits per heavy atom. The number of hydrogen-bond acceptors (Lipinski definition) is 4. The highest BCUT2D eigenvalue weighted by Crippen LogP contribution is 2.39. The average molecular weight is 463 g/mol. The van der Waals surface area contributed by atoms with E-state index in [0.717, 1.165) is 35.1 Å². The molecule has 176 valence electrons. The molecule has 0 N–H and O–H groups in total. The van der Waals surface area contributed by atoms with Crippen LogP contribution >= 0.6 is 0 Å².